The van der Waals surface area contributed by atoms with Crippen LogP contribution >= 0.6 is 11.8 Å². The van der Waals surface area contributed by atoms with Gasteiger partial charge in [0, 0.05) is 30.3 Å². The van der Waals surface area contributed by atoms with Crippen molar-refractivity contribution < 1.29 is 19.1 Å². The lowest BCUT2D eigenvalue weighted by molar-refractivity contribution is -0.235. The van der Waals surface area contributed by atoms with E-state index in [1.54, 1.807) is 17.8 Å². The van der Waals surface area contributed by atoms with E-state index in [4.69, 9.17) is 9.47 Å². The number of fused-ring (bicyclic) bond motifs is 2. The molecule has 0 saturated heterocycles. The number of rotatable bonds is 6. The first-order chi connectivity index (χ1) is 12.0. The van der Waals surface area contributed by atoms with Gasteiger partial charge in [-0.25, -0.2) is 0 Å². The van der Waals surface area contributed by atoms with E-state index < -0.39 is 5.79 Å². The van der Waals surface area contributed by atoms with Gasteiger partial charge in [-0.15, -0.1) is 11.8 Å². The summed E-state index contributed by atoms with van der Waals surface area (Å²) >= 11 is 1.70. The van der Waals surface area contributed by atoms with Crippen LogP contribution in [0.2, 0.25) is 0 Å². The van der Waals surface area contributed by atoms with Gasteiger partial charge in [-0.3, -0.25) is 9.59 Å². The Hall–Kier alpha value is -1.69. The second-order valence-electron chi connectivity index (χ2n) is 6.34. The van der Waals surface area contributed by atoms with E-state index in [0.717, 1.165) is 16.9 Å². The number of hydrogen-bond donors (Lipinski definition) is 0. The molecular formula is C20H22O4S. The van der Waals surface area contributed by atoms with Gasteiger partial charge in [-0.2, -0.15) is 0 Å². The normalized spacial score (nSPS) is 27.6. The van der Waals surface area contributed by atoms with Crippen molar-refractivity contribution in [1.82, 2.24) is 0 Å². The van der Waals surface area contributed by atoms with Crippen molar-refractivity contribution in [3.05, 3.63) is 54.1 Å². The zero-order valence-electron chi connectivity index (χ0n) is 14.6. The number of Topliss-reactive ketones (excluding diaryl/α,β-unsaturated/α-hetero) is 1. The quantitative estimate of drug-likeness (QED) is 0.576. The first kappa shape index (κ1) is 18.1. The number of thioether (sulfide) groups is 1. The van der Waals surface area contributed by atoms with Crippen LogP contribution in [0.3, 0.4) is 0 Å². The van der Waals surface area contributed by atoms with Crippen molar-refractivity contribution in [2.75, 3.05) is 14.2 Å². The van der Waals surface area contributed by atoms with Crippen LogP contribution in [0.4, 0.5) is 0 Å². The molecule has 4 rings (SSSR count). The number of ketones is 2. The van der Waals surface area contributed by atoms with E-state index in [0.29, 0.717) is 0 Å². The number of methoxy groups -OCH3 is 2. The van der Waals surface area contributed by atoms with Gasteiger partial charge < -0.3 is 9.47 Å². The maximum absolute atomic E-state index is 13.2. The molecule has 2 bridgehead atoms. The third kappa shape index (κ3) is 3.24. The highest BCUT2D eigenvalue weighted by molar-refractivity contribution is 8.00. The van der Waals surface area contributed by atoms with Crippen LogP contribution < -0.4 is 0 Å². The minimum Gasteiger partial charge on any atom is -0.347 e. The van der Waals surface area contributed by atoms with Gasteiger partial charge >= 0.3 is 0 Å². The summed E-state index contributed by atoms with van der Waals surface area (Å²) < 4.78 is 11.1. The molecule has 1 fully saturated rings. The molecule has 0 spiro atoms. The van der Waals surface area contributed by atoms with Crippen molar-refractivity contribution in [3.8, 4) is 0 Å². The van der Waals surface area contributed by atoms with Crippen LogP contribution in [0, 0.1) is 11.8 Å². The lowest BCUT2D eigenvalue weighted by Crippen LogP contribution is -2.61. The molecule has 1 aromatic rings. The average molecular weight is 358 g/mol. The highest BCUT2D eigenvalue weighted by atomic mass is 32.2. The summed E-state index contributed by atoms with van der Waals surface area (Å²) in [6.45, 7) is 1.50. The summed E-state index contributed by atoms with van der Waals surface area (Å²) in [5.41, 5.74) is 0.884. The Morgan fingerprint density at radius 2 is 1.92 bits per heavy atom. The summed E-state index contributed by atoms with van der Waals surface area (Å²) in [5.74, 6) is -1.84. The van der Waals surface area contributed by atoms with Crippen molar-refractivity contribution >= 4 is 23.3 Å². The van der Waals surface area contributed by atoms with Crippen LogP contribution in [0.15, 0.2) is 59.0 Å². The van der Waals surface area contributed by atoms with E-state index >= 15 is 0 Å². The molecule has 1 saturated carbocycles. The monoisotopic (exact) mass is 358 g/mol. The van der Waals surface area contributed by atoms with E-state index in [1.165, 1.54) is 27.2 Å². The predicted octanol–water partition coefficient (Wildman–Crippen LogP) is 3.43. The molecule has 0 radical (unpaired) electrons. The molecule has 0 heterocycles. The largest absolute Gasteiger partial charge is 0.347 e. The van der Waals surface area contributed by atoms with E-state index in [-0.39, 0.29) is 28.7 Å². The Labute approximate surface area is 152 Å². The molecule has 5 heteroatoms. The Kier molecular flexibility index (Phi) is 5.27. The predicted molar refractivity (Wildman–Crippen MR) is 97.3 cm³/mol. The number of benzene rings is 1. The molecule has 3 unspecified atom stereocenters. The summed E-state index contributed by atoms with van der Waals surface area (Å²) in [6.07, 6.45) is 6.10. The molecule has 0 aliphatic heterocycles. The summed E-state index contributed by atoms with van der Waals surface area (Å²) in [7, 11) is 3.03. The van der Waals surface area contributed by atoms with Crippen molar-refractivity contribution in [1.29, 1.82) is 0 Å². The van der Waals surface area contributed by atoms with Gasteiger partial charge in [0.2, 0.25) is 11.6 Å². The molecule has 1 aromatic carbocycles. The van der Waals surface area contributed by atoms with Gasteiger partial charge in [-0.1, -0.05) is 30.4 Å². The SMILES string of the molecule is COC1(OC)C(=O)C2C(/C=C/C(C)=O)=CC1CC2Sc1ccccc1. The lowest BCUT2D eigenvalue weighted by Gasteiger charge is -2.49. The minimum absolute atomic E-state index is 0.0354. The van der Waals surface area contributed by atoms with E-state index in [9.17, 15) is 9.59 Å². The number of allylic oxidation sites excluding steroid dienone is 3. The fourth-order valence-electron chi connectivity index (χ4n) is 3.74. The summed E-state index contributed by atoms with van der Waals surface area (Å²) in [4.78, 5) is 25.7. The van der Waals surface area contributed by atoms with E-state index in [2.05, 4.69) is 0 Å². The van der Waals surface area contributed by atoms with Crippen molar-refractivity contribution in [2.24, 2.45) is 11.8 Å². The van der Waals surface area contributed by atoms with Crippen LogP contribution in [0.25, 0.3) is 0 Å². The standard InChI is InChI=1S/C20H22O4S/c1-13(21)9-10-14-11-15-12-17(25-16-7-5-4-6-8-16)18(14)19(22)20(15,23-2)24-3/h4-11,15,17-18H,12H2,1-3H3/b10-9+. The second kappa shape index (κ2) is 7.28. The molecule has 0 aromatic heterocycles. The first-order valence-corrected chi connectivity index (χ1v) is 9.16. The van der Waals surface area contributed by atoms with Crippen molar-refractivity contribution in [2.45, 2.75) is 29.3 Å². The topological polar surface area (TPSA) is 52.6 Å². The molecule has 4 nitrogen and oxygen atoms in total. The zero-order chi connectivity index (χ0) is 18.0. The van der Waals surface area contributed by atoms with E-state index in [1.807, 2.05) is 36.4 Å². The van der Waals surface area contributed by atoms with Gasteiger partial charge in [-0.05, 0) is 37.1 Å². The van der Waals surface area contributed by atoms with Gasteiger partial charge in [0.25, 0.3) is 0 Å². The number of ether oxygens (including phenoxy) is 2. The van der Waals surface area contributed by atoms with Gasteiger partial charge in [0.05, 0.1) is 5.92 Å². The smallest absolute Gasteiger partial charge is 0.235 e. The number of carbonyl (C=O) groups excluding carboxylic acids is 2. The molecule has 132 valence electrons. The maximum Gasteiger partial charge on any atom is 0.235 e. The average Bonchev–Trinajstić information content (AvgIpc) is 2.61. The van der Waals surface area contributed by atoms with Gasteiger partial charge in [0.1, 0.15) is 0 Å². The summed E-state index contributed by atoms with van der Waals surface area (Å²) in [5, 5.41) is 0.0925. The molecule has 3 aliphatic rings. The number of carbonyl (C=O) groups is 2. The van der Waals surface area contributed by atoms with Crippen LogP contribution in [-0.2, 0) is 19.1 Å². The molecule has 0 amide bonds. The zero-order valence-corrected chi connectivity index (χ0v) is 15.4. The minimum atomic E-state index is -1.22. The molecule has 0 N–H and O–H groups in total. The fourth-order valence-corrected chi connectivity index (χ4v) is 5.12. The number of hydrogen-bond acceptors (Lipinski definition) is 5. The second-order valence-corrected chi connectivity index (χ2v) is 7.65. The molecular weight excluding hydrogens is 336 g/mol. The molecule has 3 atom stereocenters. The summed E-state index contributed by atoms with van der Waals surface area (Å²) in [6, 6.07) is 10.1. The Morgan fingerprint density at radius 3 is 2.48 bits per heavy atom. The maximum atomic E-state index is 13.2. The Balaban J connectivity index is 1.96. The van der Waals surface area contributed by atoms with Crippen LogP contribution in [0.5, 0.6) is 0 Å². The van der Waals surface area contributed by atoms with Crippen LogP contribution in [-0.4, -0.2) is 36.8 Å². The third-order valence-electron chi connectivity index (χ3n) is 4.87. The van der Waals surface area contributed by atoms with Gasteiger partial charge in [0.15, 0.2) is 5.78 Å². The fraction of sp³-hybridized carbons (Fsp3) is 0.400. The first-order valence-electron chi connectivity index (χ1n) is 8.28. The molecule has 3 aliphatic carbocycles. The molecule has 25 heavy (non-hydrogen) atoms. The Bertz CT molecular complexity index is 718. The van der Waals surface area contributed by atoms with Crippen LogP contribution in [0.1, 0.15) is 13.3 Å². The van der Waals surface area contributed by atoms with Crippen molar-refractivity contribution in [3.63, 3.8) is 0 Å². The highest BCUT2D eigenvalue weighted by Crippen LogP contribution is 2.51. The highest BCUT2D eigenvalue weighted by Gasteiger charge is 2.59. The lowest BCUT2D eigenvalue weighted by atomic mass is 9.66. The Morgan fingerprint density at radius 1 is 1.24 bits per heavy atom. The third-order valence-corrected chi connectivity index (χ3v) is 6.18.